The molecular weight excluding hydrogens is 364 g/mol. The van der Waals surface area contributed by atoms with Gasteiger partial charge < -0.3 is 15.3 Å². The van der Waals surface area contributed by atoms with Gasteiger partial charge in [0.1, 0.15) is 0 Å². The normalized spacial score (nSPS) is 28.4. The van der Waals surface area contributed by atoms with Gasteiger partial charge in [-0.15, -0.1) is 0 Å². The van der Waals surface area contributed by atoms with Gasteiger partial charge in [0.2, 0.25) is 11.8 Å². The van der Waals surface area contributed by atoms with Crippen molar-refractivity contribution in [3.8, 4) is 0 Å². The van der Waals surface area contributed by atoms with Crippen molar-refractivity contribution < 1.29 is 14.7 Å². The quantitative estimate of drug-likeness (QED) is 0.807. The first-order valence-corrected chi connectivity index (χ1v) is 11.0. The van der Waals surface area contributed by atoms with Crippen molar-refractivity contribution in [3.63, 3.8) is 0 Å². The first-order valence-electron chi connectivity index (χ1n) is 11.0. The summed E-state index contributed by atoms with van der Waals surface area (Å²) in [6.45, 7) is 8.44. The number of likely N-dealkylation sites (tertiary alicyclic amines) is 1. The van der Waals surface area contributed by atoms with Crippen LogP contribution in [0, 0.1) is 11.3 Å². The highest BCUT2D eigenvalue weighted by atomic mass is 16.3. The van der Waals surface area contributed by atoms with Gasteiger partial charge in [0.15, 0.2) is 0 Å². The van der Waals surface area contributed by atoms with Gasteiger partial charge in [-0.25, -0.2) is 0 Å². The predicted octanol–water partition coefficient (Wildman–Crippen LogP) is 3.82. The maximum Gasteiger partial charge on any atom is 0.223 e. The lowest BCUT2D eigenvalue weighted by Gasteiger charge is -2.49. The molecule has 0 bridgehead atoms. The SMILES string of the molecule is CC(C)(C)CC(=O)N1CCC(C)(O)C(NC(=O)C2CCCC2)C1c1ccccc1. The van der Waals surface area contributed by atoms with E-state index in [0.717, 1.165) is 31.2 Å². The van der Waals surface area contributed by atoms with Gasteiger partial charge in [0, 0.05) is 18.9 Å². The van der Waals surface area contributed by atoms with Gasteiger partial charge in [-0.3, -0.25) is 9.59 Å². The molecule has 3 atom stereocenters. The summed E-state index contributed by atoms with van der Waals surface area (Å²) < 4.78 is 0. The highest BCUT2D eigenvalue weighted by molar-refractivity contribution is 5.80. The number of carbonyl (C=O) groups is 2. The molecular formula is C24H36N2O3. The number of benzene rings is 1. The molecule has 160 valence electrons. The van der Waals surface area contributed by atoms with E-state index < -0.39 is 11.6 Å². The first-order chi connectivity index (χ1) is 13.6. The van der Waals surface area contributed by atoms with E-state index in [1.54, 1.807) is 6.92 Å². The van der Waals surface area contributed by atoms with Crippen LogP contribution in [0.15, 0.2) is 30.3 Å². The Morgan fingerprint density at radius 3 is 2.38 bits per heavy atom. The maximum atomic E-state index is 13.2. The molecule has 2 amide bonds. The van der Waals surface area contributed by atoms with E-state index in [1.807, 2.05) is 35.2 Å². The number of nitrogens with one attached hydrogen (secondary N) is 1. The minimum absolute atomic E-state index is 0.0128. The summed E-state index contributed by atoms with van der Waals surface area (Å²) in [5.41, 5.74) is -0.250. The van der Waals surface area contributed by atoms with Crippen molar-refractivity contribution in [2.75, 3.05) is 6.54 Å². The van der Waals surface area contributed by atoms with Crippen LogP contribution < -0.4 is 5.32 Å². The number of amides is 2. The molecule has 2 fully saturated rings. The van der Waals surface area contributed by atoms with Gasteiger partial charge in [-0.05, 0) is 37.2 Å². The van der Waals surface area contributed by atoms with E-state index in [0.29, 0.717) is 19.4 Å². The zero-order chi connectivity index (χ0) is 21.2. The third-order valence-electron chi connectivity index (χ3n) is 6.35. The number of hydrogen-bond acceptors (Lipinski definition) is 3. The number of piperidine rings is 1. The fourth-order valence-corrected chi connectivity index (χ4v) is 4.71. The molecule has 1 heterocycles. The Morgan fingerprint density at radius 2 is 1.79 bits per heavy atom. The summed E-state index contributed by atoms with van der Waals surface area (Å²) in [6.07, 6.45) is 4.85. The summed E-state index contributed by atoms with van der Waals surface area (Å²) in [5, 5.41) is 14.4. The fourth-order valence-electron chi connectivity index (χ4n) is 4.71. The highest BCUT2D eigenvalue weighted by Gasteiger charge is 2.48. The Balaban J connectivity index is 1.93. The summed E-state index contributed by atoms with van der Waals surface area (Å²) in [7, 11) is 0. The monoisotopic (exact) mass is 400 g/mol. The summed E-state index contributed by atoms with van der Waals surface area (Å²) in [6, 6.07) is 8.89. The Hall–Kier alpha value is -1.88. The van der Waals surface area contributed by atoms with Gasteiger partial charge in [-0.2, -0.15) is 0 Å². The topological polar surface area (TPSA) is 69.6 Å². The number of nitrogens with zero attached hydrogens (tertiary/aromatic N) is 1. The van der Waals surface area contributed by atoms with Crippen molar-refractivity contribution in [3.05, 3.63) is 35.9 Å². The van der Waals surface area contributed by atoms with Crippen LogP contribution in [0.5, 0.6) is 0 Å². The molecule has 1 aliphatic heterocycles. The van der Waals surface area contributed by atoms with Crippen molar-refractivity contribution in [1.82, 2.24) is 10.2 Å². The van der Waals surface area contributed by atoms with Crippen LogP contribution >= 0.6 is 0 Å². The van der Waals surface area contributed by atoms with Crippen LogP contribution in [-0.2, 0) is 9.59 Å². The van der Waals surface area contributed by atoms with Gasteiger partial charge >= 0.3 is 0 Å². The minimum atomic E-state index is -1.08. The maximum absolute atomic E-state index is 13.2. The molecule has 3 rings (SSSR count). The second-order valence-electron chi connectivity index (χ2n) is 10.3. The molecule has 0 aromatic heterocycles. The van der Waals surface area contributed by atoms with Crippen molar-refractivity contribution in [2.24, 2.45) is 11.3 Å². The zero-order valence-electron chi connectivity index (χ0n) is 18.3. The van der Waals surface area contributed by atoms with Crippen LogP contribution in [0.3, 0.4) is 0 Å². The number of aliphatic hydroxyl groups is 1. The van der Waals surface area contributed by atoms with Crippen LogP contribution in [0.4, 0.5) is 0 Å². The summed E-state index contributed by atoms with van der Waals surface area (Å²) in [4.78, 5) is 28.1. The molecule has 29 heavy (non-hydrogen) atoms. The summed E-state index contributed by atoms with van der Waals surface area (Å²) >= 11 is 0. The molecule has 5 heteroatoms. The van der Waals surface area contributed by atoms with E-state index in [-0.39, 0.29) is 29.2 Å². The summed E-state index contributed by atoms with van der Waals surface area (Å²) in [5.74, 6) is 0.101. The Morgan fingerprint density at radius 1 is 1.17 bits per heavy atom. The van der Waals surface area contributed by atoms with Crippen molar-refractivity contribution >= 4 is 11.8 Å². The zero-order valence-corrected chi connectivity index (χ0v) is 18.3. The van der Waals surface area contributed by atoms with Crippen LogP contribution in [0.1, 0.15) is 77.8 Å². The second-order valence-corrected chi connectivity index (χ2v) is 10.3. The predicted molar refractivity (Wildman–Crippen MR) is 114 cm³/mol. The average Bonchev–Trinajstić information content (AvgIpc) is 3.17. The van der Waals surface area contributed by atoms with Gasteiger partial charge in [0.25, 0.3) is 0 Å². The molecule has 1 saturated carbocycles. The Kier molecular flexibility index (Phi) is 6.37. The molecule has 1 aromatic carbocycles. The molecule has 3 unspecified atom stereocenters. The minimum Gasteiger partial charge on any atom is -0.388 e. The Labute approximate surface area is 174 Å². The van der Waals surface area contributed by atoms with Gasteiger partial charge in [0.05, 0.1) is 17.7 Å². The molecule has 0 radical (unpaired) electrons. The molecule has 1 aromatic rings. The van der Waals surface area contributed by atoms with Crippen molar-refractivity contribution in [2.45, 2.75) is 83.9 Å². The van der Waals surface area contributed by atoms with E-state index in [2.05, 4.69) is 26.1 Å². The lowest BCUT2D eigenvalue weighted by atomic mass is 9.78. The standard InChI is InChI=1S/C24H36N2O3/c1-23(2,3)16-19(27)26-15-14-24(4,29)21(20(26)17-10-6-5-7-11-17)25-22(28)18-12-8-9-13-18/h5-7,10-11,18,20-21,29H,8-9,12-16H2,1-4H3,(H,25,28). The third-order valence-corrected chi connectivity index (χ3v) is 6.35. The third kappa shape index (κ3) is 5.19. The number of hydrogen-bond donors (Lipinski definition) is 2. The molecule has 1 saturated heterocycles. The molecule has 2 N–H and O–H groups in total. The lowest BCUT2D eigenvalue weighted by molar-refractivity contribution is -0.148. The highest BCUT2D eigenvalue weighted by Crippen LogP contribution is 2.39. The molecule has 2 aliphatic rings. The lowest BCUT2D eigenvalue weighted by Crippen LogP contribution is -2.64. The smallest absolute Gasteiger partial charge is 0.223 e. The fraction of sp³-hybridized carbons (Fsp3) is 0.667. The van der Waals surface area contributed by atoms with E-state index in [4.69, 9.17) is 0 Å². The molecule has 0 spiro atoms. The van der Waals surface area contributed by atoms with E-state index in [1.165, 1.54) is 0 Å². The number of carbonyl (C=O) groups excluding carboxylic acids is 2. The Bertz CT molecular complexity index is 717. The van der Waals surface area contributed by atoms with Crippen LogP contribution in [-0.4, -0.2) is 40.0 Å². The molecule has 5 nitrogen and oxygen atoms in total. The average molecular weight is 401 g/mol. The van der Waals surface area contributed by atoms with Gasteiger partial charge in [-0.1, -0.05) is 63.9 Å². The largest absolute Gasteiger partial charge is 0.388 e. The van der Waals surface area contributed by atoms with Crippen LogP contribution in [0.2, 0.25) is 0 Å². The second kappa shape index (κ2) is 8.47. The van der Waals surface area contributed by atoms with E-state index >= 15 is 0 Å². The van der Waals surface area contributed by atoms with Crippen molar-refractivity contribution in [1.29, 1.82) is 0 Å². The van der Waals surface area contributed by atoms with E-state index in [9.17, 15) is 14.7 Å². The number of rotatable bonds is 4. The first kappa shape index (κ1) is 21.8. The van der Waals surface area contributed by atoms with Crippen LogP contribution in [0.25, 0.3) is 0 Å². The molecule has 1 aliphatic carbocycles.